The fraction of sp³-hybridized carbons (Fsp3) is 0.250. The molecule has 1 heterocycles. The van der Waals surface area contributed by atoms with E-state index in [0.717, 1.165) is 39.6 Å². The fourth-order valence-electron chi connectivity index (χ4n) is 2.48. The molecule has 2 aromatic carbocycles. The highest BCUT2D eigenvalue weighted by Crippen LogP contribution is 2.23. The first-order valence-electron chi connectivity index (χ1n) is 8.58. The van der Waals surface area contributed by atoms with Crippen LogP contribution in [-0.4, -0.2) is 21.1 Å². The van der Waals surface area contributed by atoms with Gasteiger partial charge in [0.15, 0.2) is 5.82 Å². The molecular weight excluding hydrogens is 408 g/mol. The van der Waals surface area contributed by atoms with Gasteiger partial charge in [0.05, 0.1) is 6.21 Å². The molecule has 0 unspecified atom stereocenters. The number of hydrogen-bond donors (Lipinski definition) is 0. The third-order valence-corrected chi connectivity index (χ3v) is 5.31. The Morgan fingerprint density at radius 1 is 1.15 bits per heavy atom. The van der Waals surface area contributed by atoms with Gasteiger partial charge >= 0.3 is 0 Å². The molecule has 0 spiro atoms. The van der Waals surface area contributed by atoms with Gasteiger partial charge in [-0.1, -0.05) is 76.6 Å². The van der Waals surface area contributed by atoms with E-state index >= 15 is 0 Å². The Bertz CT molecular complexity index is 887. The van der Waals surface area contributed by atoms with Gasteiger partial charge in [-0.05, 0) is 36.6 Å². The molecule has 0 saturated heterocycles. The van der Waals surface area contributed by atoms with E-state index < -0.39 is 0 Å². The summed E-state index contributed by atoms with van der Waals surface area (Å²) in [5.74, 6) is 1.73. The second-order valence-corrected chi connectivity index (χ2v) is 7.89. The highest BCUT2D eigenvalue weighted by molar-refractivity contribution is 9.10. The number of rotatable bonds is 7. The molecule has 0 N–H and O–H groups in total. The zero-order valence-corrected chi connectivity index (χ0v) is 17.3. The molecule has 3 rings (SSSR count). The van der Waals surface area contributed by atoms with Crippen molar-refractivity contribution in [3.63, 3.8) is 0 Å². The van der Waals surface area contributed by atoms with E-state index in [4.69, 9.17) is 0 Å². The number of aryl methyl sites for hydroxylation is 2. The van der Waals surface area contributed by atoms with Gasteiger partial charge in [-0.15, -0.1) is 10.2 Å². The van der Waals surface area contributed by atoms with Crippen molar-refractivity contribution in [1.82, 2.24) is 14.9 Å². The first-order valence-corrected chi connectivity index (χ1v) is 10.4. The fourth-order valence-corrected chi connectivity index (χ4v) is 3.61. The molecule has 0 bridgehead atoms. The van der Waals surface area contributed by atoms with Crippen molar-refractivity contribution in [2.24, 2.45) is 5.10 Å². The minimum atomic E-state index is 0.820. The predicted octanol–water partition coefficient (Wildman–Crippen LogP) is 5.48. The Hall–Kier alpha value is -1.92. The van der Waals surface area contributed by atoms with Crippen LogP contribution in [0.2, 0.25) is 0 Å². The first-order chi connectivity index (χ1) is 12.7. The summed E-state index contributed by atoms with van der Waals surface area (Å²) in [6, 6.07) is 16.6. The first kappa shape index (κ1) is 18.9. The maximum Gasteiger partial charge on any atom is 0.212 e. The highest BCUT2D eigenvalue weighted by Gasteiger charge is 2.11. The summed E-state index contributed by atoms with van der Waals surface area (Å²) >= 11 is 5.12. The summed E-state index contributed by atoms with van der Waals surface area (Å²) in [4.78, 5) is 0. The van der Waals surface area contributed by atoms with Gasteiger partial charge in [-0.2, -0.15) is 9.78 Å². The van der Waals surface area contributed by atoms with Crippen LogP contribution in [0.15, 0.2) is 63.3 Å². The predicted molar refractivity (Wildman–Crippen MR) is 112 cm³/mol. The molecule has 26 heavy (non-hydrogen) atoms. The van der Waals surface area contributed by atoms with Gasteiger partial charge in [0, 0.05) is 16.6 Å². The molecule has 0 amide bonds. The molecule has 134 valence electrons. The lowest BCUT2D eigenvalue weighted by Crippen LogP contribution is -2.00. The third kappa shape index (κ3) is 5.05. The van der Waals surface area contributed by atoms with Crippen LogP contribution in [0.25, 0.3) is 0 Å². The SMILES string of the molecule is CCCc1nnc(SCc2ccc(Br)cc2)n1/N=C\c1cccc(C)c1. The van der Waals surface area contributed by atoms with Crippen LogP contribution < -0.4 is 0 Å². The van der Waals surface area contributed by atoms with Crippen molar-refractivity contribution in [3.8, 4) is 0 Å². The molecular formula is C20H21BrN4S. The lowest BCUT2D eigenvalue weighted by molar-refractivity contribution is 0.700. The Balaban J connectivity index is 1.80. The van der Waals surface area contributed by atoms with E-state index in [1.165, 1.54) is 11.1 Å². The number of hydrogen-bond acceptors (Lipinski definition) is 4. The molecule has 0 atom stereocenters. The highest BCUT2D eigenvalue weighted by atomic mass is 79.9. The van der Waals surface area contributed by atoms with Crippen molar-refractivity contribution in [1.29, 1.82) is 0 Å². The molecule has 1 aromatic heterocycles. The molecule has 0 fully saturated rings. The van der Waals surface area contributed by atoms with E-state index in [0.29, 0.717) is 0 Å². The third-order valence-electron chi connectivity index (χ3n) is 3.80. The van der Waals surface area contributed by atoms with Crippen LogP contribution in [0.4, 0.5) is 0 Å². The Morgan fingerprint density at radius 3 is 2.69 bits per heavy atom. The molecule has 0 aliphatic rings. The Labute approximate surface area is 166 Å². The summed E-state index contributed by atoms with van der Waals surface area (Å²) in [7, 11) is 0. The summed E-state index contributed by atoms with van der Waals surface area (Å²) in [6.07, 6.45) is 3.74. The van der Waals surface area contributed by atoms with Crippen LogP contribution in [0.5, 0.6) is 0 Å². The molecule has 0 radical (unpaired) electrons. The topological polar surface area (TPSA) is 43.1 Å². The van der Waals surface area contributed by atoms with Gasteiger partial charge in [-0.25, -0.2) is 0 Å². The standard InChI is InChI=1S/C20H21BrN4S/c1-3-5-19-23-24-20(26-14-16-8-10-18(21)11-9-16)25(19)22-13-17-7-4-6-15(2)12-17/h4,6-13H,3,5,14H2,1-2H3/b22-13-. The van der Waals surface area contributed by atoms with Gasteiger partial charge in [-0.3, -0.25) is 0 Å². The quantitative estimate of drug-likeness (QED) is 0.369. The van der Waals surface area contributed by atoms with E-state index in [1.54, 1.807) is 11.8 Å². The second kappa shape index (κ2) is 9.14. The molecule has 6 heteroatoms. The lowest BCUT2D eigenvalue weighted by atomic mass is 10.2. The van der Waals surface area contributed by atoms with Gasteiger partial charge in [0.25, 0.3) is 0 Å². The van der Waals surface area contributed by atoms with Crippen LogP contribution in [0.3, 0.4) is 0 Å². The van der Waals surface area contributed by atoms with E-state index in [-0.39, 0.29) is 0 Å². The number of thioether (sulfide) groups is 1. The Morgan fingerprint density at radius 2 is 1.96 bits per heavy atom. The number of aromatic nitrogens is 3. The number of benzene rings is 2. The van der Waals surface area contributed by atoms with Gasteiger partial charge in [0.2, 0.25) is 5.16 Å². The second-order valence-electron chi connectivity index (χ2n) is 6.03. The van der Waals surface area contributed by atoms with Crippen LogP contribution in [0, 0.1) is 6.92 Å². The zero-order valence-electron chi connectivity index (χ0n) is 14.9. The summed E-state index contributed by atoms with van der Waals surface area (Å²) in [5, 5.41) is 14.2. The number of halogens is 1. The molecule has 0 aliphatic carbocycles. The molecule has 4 nitrogen and oxygen atoms in total. The minimum Gasteiger partial charge on any atom is -0.191 e. The van der Waals surface area contributed by atoms with E-state index in [2.05, 4.69) is 87.5 Å². The monoisotopic (exact) mass is 428 g/mol. The Kier molecular flexibility index (Phi) is 6.63. The smallest absolute Gasteiger partial charge is 0.191 e. The molecule has 3 aromatic rings. The molecule has 0 saturated carbocycles. The van der Waals surface area contributed by atoms with Crippen molar-refractivity contribution in [3.05, 3.63) is 75.5 Å². The van der Waals surface area contributed by atoms with Crippen molar-refractivity contribution < 1.29 is 0 Å². The van der Waals surface area contributed by atoms with E-state index in [9.17, 15) is 0 Å². The zero-order chi connectivity index (χ0) is 18.4. The van der Waals surface area contributed by atoms with Gasteiger partial charge in [0.1, 0.15) is 0 Å². The van der Waals surface area contributed by atoms with Crippen molar-refractivity contribution >= 4 is 33.9 Å². The van der Waals surface area contributed by atoms with Gasteiger partial charge < -0.3 is 0 Å². The average Bonchev–Trinajstić information content (AvgIpc) is 3.02. The minimum absolute atomic E-state index is 0.820. The van der Waals surface area contributed by atoms with E-state index in [1.807, 2.05) is 17.0 Å². The maximum absolute atomic E-state index is 4.66. The average molecular weight is 429 g/mol. The van der Waals surface area contributed by atoms with Crippen LogP contribution >= 0.6 is 27.7 Å². The van der Waals surface area contributed by atoms with Crippen LogP contribution in [-0.2, 0) is 12.2 Å². The number of nitrogens with zero attached hydrogens (tertiary/aromatic N) is 4. The van der Waals surface area contributed by atoms with Crippen molar-refractivity contribution in [2.45, 2.75) is 37.6 Å². The normalized spacial score (nSPS) is 11.3. The molecule has 0 aliphatic heterocycles. The van der Waals surface area contributed by atoms with Crippen LogP contribution in [0.1, 0.15) is 35.9 Å². The maximum atomic E-state index is 4.66. The summed E-state index contributed by atoms with van der Waals surface area (Å²) in [5.41, 5.74) is 3.54. The lowest BCUT2D eigenvalue weighted by Gasteiger charge is -2.04. The largest absolute Gasteiger partial charge is 0.212 e. The summed E-state index contributed by atoms with van der Waals surface area (Å²) in [6.45, 7) is 4.22. The summed E-state index contributed by atoms with van der Waals surface area (Å²) < 4.78 is 2.96. The van der Waals surface area contributed by atoms with Crippen molar-refractivity contribution in [2.75, 3.05) is 0 Å².